The number of hydrogen-bond donors (Lipinski definition) is 1. The topological polar surface area (TPSA) is 29.5 Å². The summed E-state index contributed by atoms with van der Waals surface area (Å²) in [5.41, 5.74) is 0.630. The highest BCUT2D eigenvalue weighted by atomic mass is 35.5. The Hall–Kier alpha value is -0.280. The lowest BCUT2D eigenvalue weighted by molar-refractivity contribution is -0.00137. The minimum Gasteiger partial charge on any atom is -0.386 e. The zero-order valence-electron chi connectivity index (χ0n) is 8.00. The molecule has 0 bridgehead atoms. The van der Waals surface area contributed by atoms with Gasteiger partial charge in [0.1, 0.15) is 6.10 Å². The first-order chi connectivity index (χ1) is 6.56. The van der Waals surface area contributed by atoms with Gasteiger partial charge in [-0.05, 0) is 19.1 Å². The van der Waals surface area contributed by atoms with Gasteiger partial charge in [-0.3, -0.25) is 0 Å². The largest absolute Gasteiger partial charge is 0.386 e. The Labute approximate surface area is 93.4 Å². The summed E-state index contributed by atoms with van der Waals surface area (Å²) >= 11 is 11.7. The minimum atomic E-state index is -0.732. The number of halogens is 2. The summed E-state index contributed by atoms with van der Waals surface area (Å²) in [5.74, 6) is 0. The fourth-order valence-electron chi connectivity index (χ4n) is 1.12. The van der Waals surface area contributed by atoms with Crippen LogP contribution in [0.25, 0.3) is 0 Å². The second-order valence-electron chi connectivity index (χ2n) is 3.05. The van der Waals surface area contributed by atoms with Gasteiger partial charge < -0.3 is 9.84 Å². The van der Waals surface area contributed by atoms with Crippen molar-refractivity contribution < 1.29 is 9.84 Å². The molecule has 0 aromatic heterocycles. The van der Waals surface area contributed by atoms with Crippen molar-refractivity contribution in [3.63, 3.8) is 0 Å². The van der Waals surface area contributed by atoms with E-state index in [4.69, 9.17) is 27.9 Å². The lowest BCUT2D eigenvalue weighted by Gasteiger charge is -2.18. The molecule has 0 heterocycles. The van der Waals surface area contributed by atoms with E-state index >= 15 is 0 Å². The van der Waals surface area contributed by atoms with Crippen LogP contribution in [0.1, 0.15) is 18.6 Å². The molecule has 0 saturated heterocycles. The molecule has 14 heavy (non-hydrogen) atoms. The first-order valence-corrected chi connectivity index (χ1v) is 4.97. The van der Waals surface area contributed by atoms with Crippen LogP contribution in [0.4, 0.5) is 0 Å². The van der Waals surface area contributed by atoms with Crippen LogP contribution in [0.3, 0.4) is 0 Å². The van der Waals surface area contributed by atoms with Crippen molar-refractivity contribution in [2.45, 2.75) is 19.1 Å². The second kappa shape index (κ2) is 4.99. The summed E-state index contributed by atoms with van der Waals surface area (Å²) in [6.07, 6.45) is -1.03. The van der Waals surface area contributed by atoms with E-state index in [0.717, 1.165) is 0 Å². The minimum absolute atomic E-state index is 0.298. The number of aliphatic hydroxyl groups is 1. The first-order valence-electron chi connectivity index (χ1n) is 4.22. The van der Waals surface area contributed by atoms with E-state index in [0.29, 0.717) is 15.6 Å². The van der Waals surface area contributed by atoms with Gasteiger partial charge >= 0.3 is 0 Å². The lowest BCUT2D eigenvalue weighted by Crippen LogP contribution is -2.17. The maximum absolute atomic E-state index is 9.81. The Bertz CT molecular complexity index is 315. The van der Waals surface area contributed by atoms with Crippen LogP contribution in [0, 0.1) is 0 Å². The molecule has 2 unspecified atom stereocenters. The molecule has 1 N–H and O–H groups in total. The highest BCUT2D eigenvalue weighted by Gasteiger charge is 2.18. The molecule has 2 nitrogen and oxygen atoms in total. The molecule has 1 aromatic carbocycles. The van der Waals surface area contributed by atoms with Gasteiger partial charge in [-0.15, -0.1) is 0 Å². The molecule has 0 spiro atoms. The molecule has 0 aliphatic heterocycles. The van der Waals surface area contributed by atoms with Crippen LogP contribution in [-0.2, 0) is 4.74 Å². The molecule has 0 amide bonds. The molecular formula is C10H12Cl2O2. The summed E-state index contributed by atoms with van der Waals surface area (Å²) < 4.78 is 5.01. The number of aliphatic hydroxyl groups excluding tert-OH is 1. The predicted octanol–water partition coefficient (Wildman–Crippen LogP) is 3.06. The molecule has 0 fully saturated rings. The van der Waals surface area contributed by atoms with Crippen LogP contribution in [0.5, 0.6) is 0 Å². The van der Waals surface area contributed by atoms with E-state index in [9.17, 15) is 5.11 Å². The molecule has 2 atom stereocenters. The summed E-state index contributed by atoms with van der Waals surface area (Å²) in [6.45, 7) is 1.77. The van der Waals surface area contributed by atoms with Crippen molar-refractivity contribution in [2.24, 2.45) is 0 Å². The van der Waals surface area contributed by atoms with Gasteiger partial charge in [0.2, 0.25) is 0 Å². The van der Waals surface area contributed by atoms with Crippen LogP contribution in [0.2, 0.25) is 10.0 Å². The van der Waals surface area contributed by atoms with Crippen LogP contribution in [-0.4, -0.2) is 18.3 Å². The number of methoxy groups -OCH3 is 1. The zero-order chi connectivity index (χ0) is 10.7. The van der Waals surface area contributed by atoms with Gasteiger partial charge in [0.25, 0.3) is 0 Å². The molecule has 0 radical (unpaired) electrons. The normalized spacial score (nSPS) is 15.2. The Morgan fingerprint density at radius 1 is 1.36 bits per heavy atom. The van der Waals surface area contributed by atoms with Crippen molar-refractivity contribution in [1.82, 2.24) is 0 Å². The maximum atomic E-state index is 9.81. The molecule has 4 heteroatoms. The van der Waals surface area contributed by atoms with Gasteiger partial charge in [0.15, 0.2) is 0 Å². The SMILES string of the molecule is COC(C)C(O)c1ccc(Cl)cc1Cl. The van der Waals surface area contributed by atoms with E-state index < -0.39 is 6.10 Å². The summed E-state index contributed by atoms with van der Waals surface area (Å²) in [5, 5.41) is 10.8. The fourth-order valence-corrected chi connectivity index (χ4v) is 1.64. The highest BCUT2D eigenvalue weighted by molar-refractivity contribution is 6.35. The summed E-state index contributed by atoms with van der Waals surface area (Å²) in [4.78, 5) is 0. The first kappa shape index (κ1) is 11.8. The Morgan fingerprint density at radius 2 is 2.00 bits per heavy atom. The smallest absolute Gasteiger partial charge is 0.106 e. The zero-order valence-corrected chi connectivity index (χ0v) is 9.51. The fraction of sp³-hybridized carbons (Fsp3) is 0.400. The monoisotopic (exact) mass is 234 g/mol. The molecule has 0 aliphatic carbocycles. The van der Waals surface area contributed by atoms with Gasteiger partial charge in [0, 0.05) is 22.7 Å². The van der Waals surface area contributed by atoms with Crippen LogP contribution < -0.4 is 0 Å². The second-order valence-corrected chi connectivity index (χ2v) is 3.90. The Kier molecular flexibility index (Phi) is 4.20. The van der Waals surface area contributed by atoms with Crippen LogP contribution >= 0.6 is 23.2 Å². The molecule has 0 aliphatic rings. The molecule has 1 aromatic rings. The van der Waals surface area contributed by atoms with E-state index in [2.05, 4.69) is 0 Å². The third-order valence-corrected chi connectivity index (χ3v) is 2.66. The molecule has 78 valence electrons. The molecule has 0 saturated carbocycles. The number of hydrogen-bond acceptors (Lipinski definition) is 2. The number of benzene rings is 1. The van der Waals surface area contributed by atoms with Crippen molar-refractivity contribution in [2.75, 3.05) is 7.11 Å². The standard InChI is InChI=1S/C10H12Cl2O2/c1-6(14-2)10(13)8-4-3-7(11)5-9(8)12/h3-6,10,13H,1-2H3. The Morgan fingerprint density at radius 3 is 2.50 bits per heavy atom. The lowest BCUT2D eigenvalue weighted by atomic mass is 10.1. The third kappa shape index (κ3) is 2.61. The number of ether oxygens (including phenoxy) is 1. The van der Waals surface area contributed by atoms with Gasteiger partial charge in [-0.1, -0.05) is 29.3 Å². The number of rotatable bonds is 3. The van der Waals surface area contributed by atoms with Crippen molar-refractivity contribution in [1.29, 1.82) is 0 Å². The maximum Gasteiger partial charge on any atom is 0.106 e. The van der Waals surface area contributed by atoms with Gasteiger partial charge in [-0.25, -0.2) is 0 Å². The Balaban J connectivity index is 2.95. The van der Waals surface area contributed by atoms with E-state index in [1.54, 1.807) is 25.1 Å². The summed E-state index contributed by atoms with van der Waals surface area (Å²) in [6, 6.07) is 4.99. The van der Waals surface area contributed by atoms with Crippen molar-refractivity contribution in [3.8, 4) is 0 Å². The third-order valence-electron chi connectivity index (χ3n) is 2.10. The molecular weight excluding hydrogens is 223 g/mol. The van der Waals surface area contributed by atoms with E-state index in [1.807, 2.05) is 0 Å². The average Bonchev–Trinajstić information content (AvgIpc) is 2.15. The van der Waals surface area contributed by atoms with Crippen molar-refractivity contribution >= 4 is 23.2 Å². The molecule has 1 rings (SSSR count). The summed E-state index contributed by atoms with van der Waals surface area (Å²) in [7, 11) is 1.54. The van der Waals surface area contributed by atoms with Gasteiger partial charge in [-0.2, -0.15) is 0 Å². The van der Waals surface area contributed by atoms with Crippen LogP contribution in [0.15, 0.2) is 18.2 Å². The van der Waals surface area contributed by atoms with Crippen molar-refractivity contribution in [3.05, 3.63) is 33.8 Å². The van der Waals surface area contributed by atoms with E-state index in [-0.39, 0.29) is 6.10 Å². The highest BCUT2D eigenvalue weighted by Crippen LogP contribution is 2.28. The van der Waals surface area contributed by atoms with Gasteiger partial charge in [0.05, 0.1) is 6.10 Å². The quantitative estimate of drug-likeness (QED) is 0.872. The van der Waals surface area contributed by atoms with E-state index in [1.165, 1.54) is 7.11 Å². The predicted molar refractivity (Wildman–Crippen MR) is 57.9 cm³/mol. The average molecular weight is 235 g/mol.